The molecule has 0 amide bonds. The van der Waals surface area contributed by atoms with Gasteiger partial charge < -0.3 is 20.0 Å². The summed E-state index contributed by atoms with van der Waals surface area (Å²) in [5, 5.41) is 19.5. The first-order chi connectivity index (χ1) is 26.1. The molecule has 56 heavy (non-hydrogen) atoms. The lowest BCUT2D eigenvalue weighted by Crippen LogP contribution is -2.28. The highest BCUT2D eigenvalue weighted by Crippen LogP contribution is 2.50. The van der Waals surface area contributed by atoms with Crippen LogP contribution in [0.2, 0.25) is 0 Å². The molecule has 4 N–H and O–H groups in total. The van der Waals surface area contributed by atoms with Gasteiger partial charge >= 0.3 is 11.9 Å². The van der Waals surface area contributed by atoms with Gasteiger partial charge in [-0.2, -0.15) is 16.8 Å². The van der Waals surface area contributed by atoms with Crippen molar-refractivity contribution in [1.82, 2.24) is 0 Å². The van der Waals surface area contributed by atoms with Crippen LogP contribution >= 0.6 is 0 Å². The maximum absolute atomic E-state index is 11.9. The maximum Gasteiger partial charge on any atom is 0.335 e. The summed E-state index contributed by atoms with van der Waals surface area (Å²) in [5.74, 6) is -2.91. The van der Waals surface area contributed by atoms with Crippen molar-refractivity contribution in [1.29, 1.82) is 0 Å². The Morgan fingerprint density at radius 1 is 0.679 bits per heavy atom. The molecule has 13 nitrogen and oxygen atoms in total. The predicted molar refractivity (Wildman–Crippen MR) is 218 cm³/mol. The van der Waals surface area contributed by atoms with Gasteiger partial charge in [0, 0.05) is 57.8 Å². The molecule has 2 aromatic carbocycles. The van der Waals surface area contributed by atoms with Crippen molar-refractivity contribution in [2.45, 2.75) is 78.1 Å². The highest BCUT2D eigenvalue weighted by atomic mass is 32.2. The minimum Gasteiger partial charge on any atom is -0.478 e. The van der Waals surface area contributed by atoms with Crippen LogP contribution in [0.15, 0.2) is 83.2 Å². The molecule has 0 saturated heterocycles. The summed E-state index contributed by atoms with van der Waals surface area (Å²) in [4.78, 5) is 27.8. The molecule has 0 aromatic heterocycles. The van der Waals surface area contributed by atoms with E-state index in [0.29, 0.717) is 0 Å². The zero-order chi connectivity index (χ0) is 41.4. The molecular formula is C41H52N3O10S2+. The molecule has 0 radical (unpaired) electrons. The number of carboxylic acid groups (broad SMARTS) is 2. The lowest BCUT2D eigenvalue weighted by molar-refractivity contribution is -0.519. The number of hydrogen-bond donors (Lipinski definition) is 4. The molecule has 15 heteroatoms. The van der Waals surface area contributed by atoms with Crippen molar-refractivity contribution in [2.24, 2.45) is 0 Å². The van der Waals surface area contributed by atoms with Crippen LogP contribution in [0, 0.1) is 0 Å². The van der Waals surface area contributed by atoms with Crippen molar-refractivity contribution < 1.29 is 50.3 Å². The van der Waals surface area contributed by atoms with Crippen LogP contribution in [0.1, 0.15) is 99.1 Å². The third kappa shape index (κ3) is 8.85. The number of aromatic carboxylic acids is 2. The highest BCUT2D eigenvalue weighted by molar-refractivity contribution is 7.86. The van der Waals surface area contributed by atoms with E-state index in [0.717, 1.165) is 76.7 Å². The highest BCUT2D eigenvalue weighted by Gasteiger charge is 2.42. The number of carboxylic acids is 2. The molecule has 5 rings (SSSR count). The van der Waals surface area contributed by atoms with E-state index in [2.05, 4.69) is 30.6 Å². The van der Waals surface area contributed by atoms with Crippen molar-refractivity contribution in [3.63, 3.8) is 0 Å². The fourth-order valence-electron chi connectivity index (χ4n) is 8.25. The molecule has 0 unspecified atom stereocenters. The van der Waals surface area contributed by atoms with Crippen LogP contribution in [0.4, 0.5) is 11.4 Å². The van der Waals surface area contributed by atoms with Crippen molar-refractivity contribution >= 4 is 49.3 Å². The van der Waals surface area contributed by atoms with Crippen molar-refractivity contribution in [3.05, 3.63) is 105 Å². The lowest BCUT2D eigenvalue weighted by atomic mass is 9.83. The number of rotatable bonds is 14. The topological polar surface area (TPSA) is 193 Å². The van der Waals surface area contributed by atoms with Gasteiger partial charge in [0.15, 0.2) is 0 Å². The van der Waals surface area contributed by atoms with Gasteiger partial charge in [0.1, 0.15) is 13.1 Å². The molecule has 0 atom stereocenters. The minimum absolute atomic E-state index is 0.152. The van der Waals surface area contributed by atoms with E-state index in [1.807, 2.05) is 49.6 Å². The van der Waals surface area contributed by atoms with Crippen LogP contribution in [0.25, 0.3) is 0 Å². The van der Waals surface area contributed by atoms with Crippen LogP contribution in [-0.4, -0.2) is 96.1 Å². The van der Waals surface area contributed by atoms with Gasteiger partial charge in [0.2, 0.25) is 5.71 Å². The van der Waals surface area contributed by atoms with E-state index in [4.69, 9.17) is 0 Å². The van der Waals surface area contributed by atoms with Gasteiger partial charge in [-0.15, -0.1) is 0 Å². The van der Waals surface area contributed by atoms with Gasteiger partial charge in [-0.3, -0.25) is 9.11 Å². The fraction of sp³-hybridized carbons (Fsp3) is 0.439. The van der Waals surface area contributed by atoms with Crippen molar-refractivity contribution in [3.8, 4) is 0 Å². The number of fused-ring (bicyclic) bond motifs is 2. The summed E-state index contributed by atoms with van der Waals surface area (Å²) in [5.41, 5.74) is 7.19. The Kier molecular flexibility index (Phi) is 12.3. The molecular weight excluding hydrogens is 759 g/mol. The second-order valence-electron chi connectivity index (χ2n) is 15.4. The van der Waals surface area contributed by atoms with Crippen LogP contribution in [-0.2, 0) is 31.1 Å². The zero-order valence-electron chi connectivity index (χ0n) is 32.7. The SMILES string of the molecule is CC[N+](CC)=C1C(=CC=C2N(CCCS(=O)(=O)O)c3ccc(C(=O)O)cc3C2(C)C)CCC1=CC=C1N(CCCS(=O)(=O)O)c2ccc(C(=O)O)cc2C1(C)C. The minimum atomic E-state index is -4.18. The van der Waals surface area contributed by atoms with E-state index >= 15 is 0 Å². The van der Waals surface area contributed by atoms with E-state index in [9.17, 15) is 45.7 Å². The first kappa shape index (κ1) is 42.6. The normalized spacial score (nSPS) is 20.4. The third-order valence-electron chi connectivity index (χ3n) is 11.1. The summed E-state index contributed by atoms with van der Waals surface area (Å²) in [7, 11) is -8.36. The monoisotopic (exact) mass is 810 g/mol. The van der Waals surface area contributed by atoms with E-state index in [1.165, 1.54) is 12.1 Å². The van der Waals surface area contributed by atoms with Crippen LogP contribution in [0.5, 0.6) is 0 Å². The fourth-order valence-corrected chi connectivity index (χ4v) is 9.24. The number of carbonyl (C=O) groups is 2. The Morgan fingerprint density at radius 2 is 1.05 bits per heavy atom. The van der Waals surface area contributed by atoms with Crippen LogP contribution < -0.4 is 9.80 Å². The van der Waals surface area contributed by atoms with Gasteiger partial charge in [0.25, 0.3) is 20.2 Å². The Bertz CT molecular complexity index is 2160. The molecule has 0 spiro atoms. The van der Waals surface area contributed by atoms with Crippen LogP contribution in [0.3, 0.4) is 0 Å². The Labute approximate surface area is 329 Å². The predicted octanol–water partition coefficient (Wildman–Crippen LogP) is 6.44. The Morgan fingerprint density at radius 3 is 1.38 bits per heavy atom. The number of anilines is 2. The standard InChI is InChI=1S/C41H51N3O10S2/c1-7-42(8-2)37-27(15-19-35-40(3,4)31-25-29(38(45)46)13-17-33(31)43(35)21-9-23-55(49,50)51)11-12-28(37)16-20-36-41(5,6)32-26-30(39(47)48)14-18-34(32)44(36)22-10-24-56(52,53)54/h13-20,25-26H,7-12,21-24H2,1-6H3,(H3-,45,46,47,48,49,50,51,52,53,54)/p+1. The smallest absolute Gasteiger partial charge is 0.335 e. The molecule has 0 bridgehead atoms. The molecule has 1 saturated carbocycles. The molecule has 2 aromatic rings. The number of benzene rings is 2. The number of allylic oxidation sites excluding steroid dienone is 8. The molecule has 2 aliphatic heterocycles. The zero-order valence-corrected chi connectivity index (χ0v) is 34.4. The molecule has 2 heterocycles. The average Bonchev–Trinajstić information content (AvgIpc) is 3.67. The maximum atomic E-state index is 11.9. The first-order valence-electron chi connectivity index (χ1n) is 18.8. The lowest BCUT2D eigenvalue weighted by Gasteiger charge is -2.27. The third-order valence-corrected chi connectivity index (χ3v) is 12.7. The second kappa shape index (κ2) is 16.1. The number of nitrogens with zero attached hydrogens (tertiary/aromatic N) is 3. The second-order valence-corrected chi connectivity index (χ2v) is 18.6. The van der Waals surface area contributed by atoms with Crippen molar-refractivity contribution in [2.75, 3.05) is 47.5 Å². The van der Waals surface area contributed by atoms with Gasteiger partial charge in [0.05, 0.1) is 22.6 Å². The number of hydrogen-bond acceptors (Lipinski definition) is 8. The van der Waals surface area contributed by atoms with Gasteiger partial charge in [-0.1, -0.05) is 39.8 Å². The van der Waals surface area contributed by atoms with Gasteiger partial charge in [-0.25, -0.2) is 14.2 Å². The molecule has 302 valence electrons. The summed E-state index contributed by atoms with van der Waals surface area (Å²) in [6.45, 7) is 14.3. The average molecular weight is 811 g/mol. The summed E-state index contributed by atoms with van der Waals surface area (Å²) >= 11 is 0. The van der Waals surface area contributed by atoms with E-state index in [1.54, 1.807) is 24.3 Å². The van der Waals surface area contributed by atoms with E-state index in [-0.39, 0.29) is 37.1 Å². The molecule has 3 aliphatic rings. The summed E-state index contributed by atoms with van der Waals surface area (Å²) < 4.78 is 67.6. The Hall–Kier alpha value is -4.57. The quantitative estimate of drug-likeness (QED) is 0.121. The molecule has 1 fully saturated rings. The summed E-state index contributed by atoms with van der Waals surface area (Å²) in [6, 6.07) is 9.89. The Balaban J connectivity index is 1.58. The first-order valence-corrected chi connectivity index (χ1v) is 22.0. The molecule has 1 aliphatic carbocycles. The summed E-state index contributed by atoms with van der Waals surface area (Å²) in [6.07, 6.45) is 10.0. The largest absolute Gasteiger partial charge is 0.478 e. The van der Waals surface area contributed by atoms with Gasteiger partial charge in [-0.05, 0) is 99.2 Å². The van der Waals surface area contributed by atoms with E-state index < -0.39 is 54.5 Å².